The number of piperazine rings is 1. The Morgan fingerprint density at radius 3 is 2.40 bits per heavy atom. The number of carbonyl (C=O) groups is 2. The van der Waals surface area contributed by atoms with Crippen molar-refractivity contribution >= 4 is 23.3 Å². The minimum Gasteiger partial charge on any atom is -0.341 e. The van der Waals surface area contributed by atoms with Gasteiger partial charge in [0.15, 0.2) is 0 Å². The van der Waals surface area contributed by atoms with E-state index in [9.17, 15) is 9.59 Å². The van der Waals surface area contributed by atoms with Gasteiger partial charge >= 0.3 is 0 Å². The third kappa shape index (κ3) is 2.83. The molecule has 0 N–H and O–H groups in total. The zero-order chi connectivity index (χ0) is 13.9. The summed E-state index contributed by atoms with van der Waals surface area (Å²) in [6.45, 7) is 5.20. The van der Waals surface area contributed by atoms with Crippen LogP contribution in [0.5, 0.6) is 0 Å². The lowest BCUT2D eigenvalue weighted by atomic mass is 10.2. The van der Waals surface area contributed by atoms with E-state index < -0.39 is 0 Å². The predicted octanol–water partition coefficient (Wildman–Crippen LogP) is 0.133. The minimum absolute atomic E-state index is 0.0567. The Labute approximate surface area is 122 Å². The molecule has 108 valence electrons. The molecule has 2 saturated heterocycles. The monoisotopic (exact) mass is 294 g/mol. The van der Waals surface area contributed by atoms with Crippen LogP contribution in [0.25, 0.3) is 0 Å². The van der Waals surface area contributed by atoms with Gasteiger partial charge in [0.2, 0.25) is 5.91 Å². The van der Waals surface area contributed by atoms with Crippen molar-refractivity contribution in [3.8, 4) is 0 Å². The molecule has 0 aromatic carbocycles. The Hall–Kier alpha value is -1.47. The maximum absolute atomic E-state index is 12.2. The summed E-state index contributed by atoms with van der Waals surface area (Å²) in [6.07, 6.45) is 2.78. The molecule has 0 bridgehead atoms. The lowest BCUT2D eigenvalue weighted by Gasteiger charge is -2.37. The molecule has 2 amide bonds. The molecule has 0 aliphatic carbocycles. The first-order valence-electron chi connectivity index (χ1n) is 6.94. The van der Waals surface area contributed by atoms with Gasteiger partial charge in [-0.3, -0.25) is 14.5 Å². The molecule has 0 radical (unpaired) electrons. The molecule has 7 heteroatoms. The van der Waals surface area contributed by atoms with Gasteiger partial charge in [-0.15, -0.1) is 0 Å². The Morgan fingerprint density at radius 2 is 1.85 bits per heavy atom. The van der Waals surface area contributed by atoms with Gasteiger partial charge in [0.1, 0.15) is 4.88 Å². The second kappa shape index (κ2) is 5.88. The highest BCUT2D eigenvalue weighted by Gasteiger charge is 2.26. The highest BCUT2D eigenvalue weighted by molar-refractivity contribution is 7.08. The number of hydrogen-bond donors (Lipinski definition) is 0. The van der Waals surface area contributed by atoms with E-state index in [1.165, 1.54) is 11.5 Å². The summed E-state index contributed by atoms with van der Waals surface area (Å²) < 4.78 is 3.96. The molecule has 0 atom stereocenters. The molecule has 0 spiro atoms. The van der Waals surface area contributed by atoms with Crippen LogP contribution in [0, 0.1) is 0 Å². The topological polar surface area (TPSA) is 56.8 Å². The van der Waals surface area contributed by atoms with Crippen molar-refractivity contribution in [1.82, 2.24) is 19.1 Å². The lowest BCUT2D eigenvalue weighted by molar-refractivity contribution is -0.136. The smallest absolute Gasteiger partial charge is 0.265 e. The molecule has 3 rings (SSSR count). The number of amides is 2. The Balaban J connectivity index is 1.47. The Bertz CT molecular complexity index is 479. The van der Waals surface area contributed by atoms with Crippen LogP contribution in [0.4, 0.5) is 0 Å². The van der Waals surface area contributed by atoms with Crippen molar-refractivity contribution in [3.05, 3.63) is 17.1 Å². The van der Waals surface area contributed by atoms with Gasteiger partial charge in [-0.1, -0.05) is 0 Å². The summed E-state index contributed by atoms with van der Waals surface area (Å²) in [7, 11) is 0. The van der Waals surface area contributed by atoms with Crippen molar-refractivity contribution in [3.63, 3.8) is 0 Å². The van der Waals surface area contributed by atoms with E-state index in [1.807, 2.05) is 9.80 Å². The fourth-order valence-electron chi connectivity index (χ4n) is 2.45. The van der Waals surface area contributed by atoms with Crippen molar-refractivity contribution in [2.45, 2.75) is 6.42 Å². The maximum Gasteiger partial charge on any atom is 0.265 e. The first kappa shape index (κ1) is 13.5. The highest BCUT2D eigenvalue weighted by Crippen LogP contribution is 2.12. The van der Waals surface area contributed by atoms with E-state index in [2.05, 4.69) is 9.27 Å². The van der Waals surface area contributed by atoms with Crippen molar-refractivity contribution in [2.75, 3.05) is 45.8 Å². The summed E-state index contributed by atoms with van der Waals surface area (Å²) in [5.41, 5.74) is 0. The first-order chi connectivity index (χ1) is 9.74. The van der Waals surface area contributed by atoms with Crippen LogP contribution >= 0.6 is 11.5 Å². The maximum atomic E-state index is 12.2. The number of carbonyl (C=O) groups excluding carboxylic acids is 2. The predicted molar refractivity (Wildman–Crippen MR) is 75.7 cm³/mol. The second-order valence-corrected chi connectivity index (χ2v) is 6.01. The standard InChI is InChI=1S/C13H18N4O2S/c18-12(16-4-1-5-16)10-15-6-8-17(9-7-15)13(19)11-2-3-14-20-11/h2-3H,1,4-10H2. The minimum atomic E-state index is 0.0567. The summed E-state index contributed by atoms with van der Waals surface area (Å²) in [5, 5.41) is 0. The van der Waals surface area contributed by atoms with E-state index in [4.69, 9.17) is 0 Å². The van der Waals surface area contributed by atoms with Crippen molar-refractivity contribution < 1.29 is 9.59 Å². The highest BCUT2D eigenvalue weighted by atomic mass is 32.1. The molecule has 20 heavy (non-hydrogen) atoms. The normalized spacial score (nSPS) is 19.8. The Morgan fingerprint density at radius 1 is 1.10 bits per heavy atom. The SMILES string of the molecule is O=C(CN1CCN(C(=O)c2ccns2)CC1)N1CCC1. The van der Waals surface area contributed by atoms with Gasteiger partial charge in [0.25, 0.3) is 5.91 Å². The molecule has 2 aliphatic heterocycles. The van der Waals surface area contributed by atoms with Gasteiger partial charge in [-0.05, 0) is 24.0 Å². The molecule has 3 heterocycles. The number of nitrogens with zero attached hydrogens (tertiary/aromatic N) is 4. The average Bonchev–Trinajstić information content (AvgIpc) is 2.90. The van der Waals surface area contributed by atoms with Crippen LogP contribution in [0.2, 0.25) is 0 Å². The number of rotatable bonds is 3. The molecule has 0 unspecified atom stereocenters. The van der Waals surface area contributed by atoms with Crippen molar-refractivity contribution in [1.29, 1.82) is 0 Å². The Kier molecular flexibility index (Phi) is 3.98. The fraction of sp³-hybridized carbons (Fsp3) is 0.615. The fourth-order valence-corrected chi connectivity index (χ4v) is 3.01. The number of hydrogen-bond acceptors (Lipinski definition) is 5. The second-order valence-electron chi connectivity index (χ2n) is 5.18. The summed E-state index contributed by atoms with van der Waals surface area (Å²) in [6, 6.07) is 1.76. The van der Waals surface area contributed by atoms with E-state index >= 15 is 0 Å². The van der Waals surface area contributed by atoms with Gasteiger partial charge in [0, 0.05) is 45.5 Å². The molecule has 0 saturated carbocycles. The van der Waals surface area contributed by atoms with Crippen molar-refractivity contribution in [2.24, 2.45) is 0 Å². The lowest BCUT2D eigenvalue weighted by Crippen LogP contribution is -2.53. The molecule has 6 nitrogen and oxygen atoms in total. The average molecular weight is 294 g/mol. The molecule has 2 fully saturated rings. The van der Waals surface area contributed by atoms with Crippen LogP contribution in [0.3, 0.4) is 0 Å². The van der Waals surface area contributed by atoms with E-state index in [-0.39, 0.29) is 11.8 Å². The third-order valence-electron chi connectivity index (χ3n) is 3.88. The van der Waals surface area contributed by atoms with E-state index in [1.54, 1.807) is 12.3 Å². The quantitative estimate of drug-likeness (QED) is 0.795. The van der Waals surface area contributed by atoms with Gasteiger partial charge in [0.05, 0.1) is 6.54 Å². The number of likely N-dealkylation sites (tertiary alicyclic amines) is 1. The zero-order valence-corrected chi connectivity index (χ0v) is 12.1. The van der Waals surface area contributed by atoms with Crippen LogP contribution in [-0.4, -0.2) is 76.7 Å². The molecule has 1 aromatic rings. The van der Waals surface area contributed by atoms with Gasteiger partial charge in [-0.2, -0.15) is 0 Å². The number of aromatic nitrogens is 1. The van der Waals surface area contributed by atoms with Crippen LogP contribution in [0.15, 0.2) is 12.3 Å². The van der Waals surface area contributed by atoms with Crippen LogP contribution in [-0.2, 0) is 4.79 Å². The molecular weight excluding hydrogens is 276 g/mol. The van der Waals surface area contributed by atoms with Crippen LogP contribution in [0.1, 0.15) is 16.1 Å². The van der Waals surface area contributed by atoms with Gasteiger partial charge in [-0.25, -0.2) is 4.37 Å². The summed E-state index contributed by atoms with van der Waals surface area (Å²) in [5.74, 6) is 0.278. The zero-order valence-electron chi connectivity index (χ0n) is 11.3. The van der Waals surface area contributed by atoms with Crippen LogP contribution < -0.4 is 0 Å². The largest absolute Gasteiger partial charge is 0.341 e. The van der Waals surface area contributed by atoms with Gasteiger partial charge < -0.3 is 9.80 Å². The first-order valence-corrected chi connectivity index (χ1v) is 7.71. The molecular formula is C13H18N4O2S. The van der Waals surface area contributed by atoms with E-state index in [0.717, 1.165) is 32.6 Å². The molecule has 1 aromatic heterocycles. The third-order valence-corrected chi connectivity index (χ3v) is 4.61. The summed E-state index contributed by atoms with van der Waals surface area (Å²) >= 11 is 1.24. The summed E-state index contributed by atoms with van der Waals surface area (Å²) in [4.78, 5) is 30.6. The van der Waals surface area contributed by atoms with E-state index in [0.29, 0.717) is 24.5 Å². The molecule has 2 aliphatic rings.